The molecule has 148 valence electrons. The van der Waals surface area contributed by atoms with E-state index in [1.54, 1.807) is 6.20 Å². The molecule has 0 aliphatic rings. The molecule has 9 heteroatoms. The predicted molar refractivity (Wildman–Crippen MR) is 103 cm³/mol. The molecule has 0 amide bonds. The average molecular weight is 384 g/mol. The lowest BCUT2D eigenvalue weighted by Crippen LogP contribution is -2.13. The summed E-state index contributed by atoms with van der Waals surface area (Å²) < 4.78 is 1.46. The van der Waals surface area contributed by atoms with Gasteiger partial charge in [-0.05, 0) is 19.1 Å². The summed E-state index contributed by atoms with van der Waals surface area (Å²) in [5.41, 5.74) is 2.01. The van der Waals surface area contributed by atoms with Gasteiger partial charge in [0.15, 0.2) is 11.5 Å². The lowest BCUT2D eigenvalue weighted by Gasteiger charge is -2.15. The van der Waals surface area contributed by atoms with Crippen LogP contribution >= 0.6 is 0 Å². The van der Waals surface area contributed by atoms with Crippen molar-refractivity contribution < 1.29 is 14.9 Å². The van der Waals surface area contributed by atoms with Gasteiger partial charge in [-0.15, -0.1) is 10.2 Å². The summed E-state index contributed by atoms with van der Waals surface area (Å²) in [5, 5.41) is 30.6. The summed E-state index contributed by atoms with van der Waals surface area (Å²) >= 11 is 0. The minimum absolute atomic E-state index is 0.0773. The molecule has 0 saturated carbocycles. The molecule has 9 nitrogen and oxygen atoms in total. The number of rotatable bonds is 7. The Morgan fingerprint density at radius 3 is 2.57 bits per heavy atom. The molecule has 28 heavy (non-hydrogen) atoms. The average Bonchev–Trinajstić information content (AvgIpc) is 3.25. The van der Waals surface area contributed by atoms with Gasteiger partial charge in [-0.3, -0.25) is 5.10 Å². The zero-order valence-corrected chi connectivity index (χ0v) is 16.4. The van der Waals surface area contributed by atoms with Gasteiger partial charge >= 0.3 is 0 Å². The number of aromatic hydroxyl groups is 1. The quantitative estimate of drug-likeness (QED) is 0.270. The fraction of sp³-hybridized carbons (Fsp3) is 0.368. The maximum Gasteiger partial charge on any atom is 0.243 e. The maximum absolute atomic E-state index is 10.8. The summed E-state index contributed by atoms with van der Waals surface area (Å²) in [4.78, 5) is 9.95. The first-order chi connectivity index (χ1) is 13.4. The number of hydrogen-bond donors (Lipinski definition) is 2. The van der Waals surface area contributed by atoms with Crippen molar-refractivity contribution in [3.8, 4) is 11.6 Å². The van der Waals surface area contributed by atoms with Gasteiger partial charge in [0.2, 0.25) is 5.88 Å². The highest BCUT2D eigenvalue weighted by atomic mass is 17.2. The van der Waals surface area contributed by atoms with Crippen LogP contribution in [0, 0.1) is 0 Å². The number of H-pyrrole nitrogens is 1. The Hall–Kier alpha value is -3.04. The van der Waals surface area contributed by atoms with Crippen LogP contribution in [0.2, 0.25) is 0 Å². The van der Waals surface area contributed by atoms with Crippen molar-refractivity contribution in [2.24, 2.45) is 10.2 Å². The van der Waals surface area contributed by atoms with Crippen LogP contribution in [0.5, 0.6) is 5.88 Å². The van der Waals surface area contributed by atoms with Gasteiger partial charge in [-0.2, -0.15) is 14.9 Å². The van der Waals surface area contributed by atoms with E-state index >= 15 is 0 Å². The molecule has 0 unspecified atom stereocenters. The third-order valence-corrected chi connectivity index (χ3v) is 3.91. The molecule has 2 aromatic heterocycles. The summed E-state index contributed by atoms with van der Waals surface area (Å²) in [7, 11) is 0. The van der Waals surface area contributed by atoms with E-state index in [1.807, 2.05) is 58.0 Å². The number of benzene rings is 1. The van der Waals surface area contributed by atoms with Gasteiger partial charge in [-0.25, -0.2) is 9.78 Å². The molecule has 0 saturated heterocycles. The van der Waals surface area contributed by atoms with E-state index in [9.17, 15) is 5.11 Å². The number of azo groups is 1. The molecule has 2 heterocycles. The van der Waals surface area contributed by atoms with Gasteiger partial charge < -0.3 is 5.11 Å². The topological polar surface area (TPSA) is 110 Å². The van der Waals surface area contributed by atoms with Gasteiger partial charge in [-0.1, -0.05) is 39.0 Å². The van der Waals surface area contributed by atoms with E-state index in [1.165, 1.54) is 4.68 Å². The Labute approximate surface area is 163 Å². The Bertz CT molecular complexity index is 940. The van der Waals surface area contributed by atoms with Crippen LogP contribution in [0.3, 0.4) is 0 Å². The number of aromatic nitrogens is 4. The number of nitrogens with zero attached hydrogens (tertiary/aromatic N) is 5. The minimum atomic E-state index is -0.346. The highest BCUT2D eigenvalue weighted by Crippen LogP contribution is 2.40. The Kier molecular flexibility index (Phi) is 5.86. The molecule has 3 aromatic rings. The first kappa shape index (κ1) is 19.7. The predicted octanol–water partition coefficient (Wildman–Crippen LogP) is 4.48. The van der Waals surface area contributed by atoms with Crippen molar-refractivity contribution in [1.29, 1.82) is 0 Å². The maximum atomic E-state index is 10.8. The summed E-state index contributed by atoms with van der Waals surface area (Å²) in [6, 6.07) is 9.38. The monoisotopic (exact) mass is 384 g/mol. The molecule has 3 rings (SSSR count). The molecule has 0 radical (unpaired) electrons. The number of para-hydroxylation sites is 1. The number of nitrogens with one attached hydrogen (secondary N) is 1. The van der Waals surface area contributed by atoms with Crippen molar-refractivity contribution in [2.45, 2.75) is 39.7 Å². The fourth-order valence-electron chi connectivity index (χ4n) is 2.53. The highest BCUT2D eigenvalue weighted by molar-refractivity contribution is 5.57. The van der Waals surface area contributed by atoms with Crippen LogP contribution in [0.4, 0.5) is 11.5 Å². The van der Waals surface area contributed by atoms with Crippen molar-refractivity contribution in [3.63, 3.8) is 0 Å². The van der Waals surface area contributed by atoms with Crippen molar-refractivity contribution in [1.82, 2.24) is 20.0 Å². The largest absolute Gasteiger partial charge is 0.492 e. The van der Waals surface area contributed by atoms with Crippen molar-refractivity contribution in [2.75, 3.05) is 6.61 Å². The summed E-state index contributed by atoms with van der Waals surface area (Å²) in [6.07, 6.45) is 1.59. The first-order valence-electron chi connectivity index (χ1n) is 8.98. The molecule has 2 N–H and O–H groups in total. The van der Waals surface area contributed by atoms with E-state index in [4.69, 9.17) is 9.78 Å². The summed E-state index contributed by atoms with van der Waals surface area (Å²) in [6.45, 7) is 8.45. The zero-order valence-electron chi connectivity index (χ0n) is 16.4. The van der Waals surface area contributed by atoms with Crippen LogP contribution in [0.25, 0.3) is 5.69 Å². The second kappa shape index (κ2) is 8.32. The molecule has 0 bridgehead atoms. The lowest BCUT2D eigenvalue weighted by molar-refractivity contribution is -0.300. The Balaban J connectivity index is 1.97. The highest BCUT2D eigenvalue weighted by Gasteiger charge is 2.28. The SMILES string of the molecule is CCOOCc1cn[nH]c1/N=N/c1c(C(C)(C)C)nn(-c2ccccc2)c1O. The van der Waals surface area contributed by atoms with E-state index in [2.05, 4.69) is 25.5 Å². The van der Waals surface area contributed by atoms with Gasteiger partial charge in [0, 0.05) is 11.0 Å². The third kappa shape index (κ3) is 4.26. The number of hydrogen-bond acceptors (Lipinski definition) is 7. The van der Waals surface area contributed by atoms with Crippen molar-refractivity contribution in [3.05, 3.63) is 47.8 Å². The van der Waals surface area contributed by atoms with Gasteiger partial charge in [0.1, 0.15) is 6.61 Å². The molecule has 0 aliphatic carbocycles. The molecular formula is C19H24N6O3. The lowest BCUT2D eigenvalue weighted by atomic mass is 9.91. The molecule has 1 aromatic carbocycles. The van der Waals surface area contributed by atoms with E-state index in [0.717, 1.165) is 5.69 Å². The van der Waals surface area contributed by atoms with Crippen LogP contribution in [-0.4, -0.2) is 31.7 Å². The third-order valence-electron chi connectivity index (χ3n) is 3.91. The minimum Gasteiger partial charge on any atom is -0.492 e. The van der Waals surface area contributed by atoms with E-state index in [0.29, 0.717) is 29.4 Å². The van der Waals surface area contributed by atoms with Gasteiger partial charge in [0.05, 0.1) is 24.2 Å². The molecular weight excluding hydrogens is 360 g/mol. The van der Waals surface area contributed by atoms with E-state index < -0.39 is 0 Å². The van der Waals surface area contributed by atoms with Crippen molar-refractivity contribution >= 4 is 11.5 Å². The Morgan fingerprint density at radius 2 is 1.89 bits per heavy atom. The standard InChI is InChI=1S/C19H24N6O3/c1-5-27-28-12-13-11-20-22-17(13)23-21-15-16(19(2,3)4)24-25(18(15)26)14-9-7-6-8-10-14/h6-11,26H,5,12H2,1-4H3,(H,20,22)/b23-21+. The summed E-state index contributed by atoms with van der Waals surface area (Å²) in [5.74, 6) is 0.345. The van der Waals surface area contributed by atoms with Gasteiger partial charge in [0.25, 0.3) is 0 Å². The molecule has 0 aliphatic heterocycles. The molecule has 0 atom stereocenters. The van der Waals surface area contributed by atoms with Crippen LogP contribution in [0.15, 0.2) is 46.8 Å². The normalized spacial score (nSPS) is 12.1. The zero-order chi connectivity index (χ0) is 20.1. The van der Waals surface area contributed by atoms with Crippen LogP contribution < -0.4 is 0 Å². The Morgan fingerprint density at radius 1 is 1.14 bits per heavy atom. The molecule has 0 spiro atoms. The van der Waals surface area contributed by atoms with Crippen LogP contribution in [-0.2, 0) is 21.8 Å². The fourth-order valence-corrected chi connectivity index (χ4v) is 2.53. The number of aromatic amines is 1. The smallest absolute Gasteiger partial charge is 0.243 e. The second-order valence-corrected chi connectivity index (χ2v) is 7.13. The molecule has 0 fully saturated rings. The van der Waals surface area contributed by atoms with E-state index in [-0.39, 0.29) is 17.9 Å². The first-order valence-corrected chi connectivity index (χ1v) is 8.98. The second-order valence-electron chi connectivity index (χ2n) is 7.13. The van der Waals surface area contributed by atoms with Crippen LogP contribution in [0.1, 0.15) is 39.0 Å².